The zero-order valence-electron chi connectivity index (χ0n) is 13.5. The summed E-state index contributed by atoms with van der Waals surface area (Å²) >= 11 is 0. The van der Waals surface area contributed by atoms with Crippen LogP contribution in [0.15, 0.2) is 0 Å². The van der Waals surface area contributed by atoms with E-state index in [-0.39, 0.29) is 0 Å². The number of hydrogen-bond donors (Lipinski definition) is 0. The normalized spacial score (nSPS) is 31.4. The summed E-state index contributed by atoms with van der Waals surface area (Å²) in [5.41, 5.74) is 0. The topological polar surface area (TPSA) is 17.1 Å². The molecule has 1 nitrogen and oxygen atoms in total. The molecule has 2 saturated carbocycles. The Balaban J connectivity index is 1.61. The van der Waals surface area contributed by atoms with Crippen LogP contribution in [-0.4, -0.2) is 5.78 Å². The molecule has 20 heavy (non-hydrogen) atoms. The maximum absolute atomic E-state index is 12.0. The van der Waals surface area contributed by atoms with Gasteiger partial charge in [-0.05, 0) is 37.5 Å². The summed E-state index contributed by atoms with van der Waals surface area (Å²) in [7, 11) is 0. The molecule has 2 aliphatic rings. The van der Waals surface area contributed by atoms with E-state index in [1.54, 1.807) is 0 Å². The molecule has 0 N–H and O–H groups in total. The molecule has 0 amide bonds. The second kappa shape index (κ2) is 8.85. The first kappa shape index (κ1) is 16.0. The quantitative estimate of drug-likeness (QED) is 0.529. The van der Waals surface area contributed by atoms with Gasteiger partial charge in [0.1, 0.15) is 5.78 Å². The number of carbonyl (C=O) groups excluding carboxylic acids is 1. The van der Waals surface area contributed by atoms with Crippen LogP contribution in [0.1, 0.15) is 96.8 Å². The minimum atomic E-state index is 0.453. The SMILES string of the molecule is CCCCCCCC1CCC([C@H]2CCCCC2=O)CC1. The number of rotatable bonds is 7. The van der Waals surface area contributed by atoms with Crippen molar-refractivity contribution in [3.8, 4) is 0 Å². The molecule has 0 aromatic heterocycles. The van der Waals surface area contributed by atoms with Crippen LogP contribution in [0.5, 0.6) is 0 Å². The number of Topliss-reactive ketones (excluding diaryl/α,β-unsaturated/α-hetero) is 1. The highest BCUT2D eigenvalue weighted by Gasteiger charge is 2.32. The van der Waals surface area contributed by atoms with Crippen molar-refractivity contribution in [1.29, 1.82) is 0 Å². The van der Waals surface area contributed by atoms with Crippen LogP contribution in [-0.2, 0) is 4.79 Å². The molecule has 0 bridgehead atoms. The van der Waals surface area contributed by atoms with E-state index in [4.69, 9.17) is 0 Å². The Hall–Kier alpha value is -0.330. The summed E-state index contributed by atoms with van der Waals surface area (Å²) in [6.45, 7) is 2.29. The van der Waals surface area contributed by atoms with Crippen molar-refractivity contribution >= 4 is 5.78 Å². The summed E-state index contributed by atoms with van der Waals surface area (Å²) in [5, 5.41) is 0. The Morgan fingerprint density at radius 2 is 1.65 bits per heavy atom. The fourth-order valence-electron chi connectivity index (χ4n) is 4.42. The molecule has 0 aromatic carbocycles. The summed E-state index contributed by atoms with van der Waals surface area (Å²) in [6.07, 6.45) is 18.6. The van der Waals surface area contributed by atoms with Crippen molar-refractivity contribution in [3.63, 3.8) is 0 Å². The fraction of sp³-hybridized carbons (Fsp3) is 0.947. The highest BCUT2D eigenvalue weighted by atomic mass is 16.1. The number of carbonyl (C=O) groups is 1. The van der Waals surface area contributed by atoms with Crippen molar-refractivity contribution in [2.45, 2.75) is 96.8 Å². The predicted octanol–water partition coefficient (Wildman–Crippen LogP) is 5.91. The lowest BCUT2D eigenvalue weighted by Crippen LogP contribution is -2.30. The van der Waals surface area contributed by atoms with E-state index in [2.05, 4.69) is 6.92 Å². The van der Waals surface area contributed by atoms with Crippen LogP contribution in [0, 0.1) is 17.8 Å². The number of hydrogen-bond acceptors (Lipinski definition) is 1. The van der Waals surface area contributed by atoms with Crippen molar-refractivity contribution in [3.05, 3.63) is 0 Å². The third kappa shape index (κ3) is 4.90. The van der Waals surface area contributed by atoms with Crippen LogP contribution in [0.4, 0.5) is 0 Å². The van der Waals surface area contributed by atoms with Gasteiger partial charge in [-0.25, -0.2) is 0 Å². The van der Waals surface area contributed by atoms with Gasteiger partial charge < -0.3 is 0 Å². The highest BCUT2D eigenvalue weighted by molar-refractivity contribution is 5.81. The Labute approximate surface area is 125 Å². The molecule has 0 unspecified atom stereocenters. The van der Waals surface area contributed by atoms with Gasteiger partial charge >= 0.3 is 0 Å². The molecule has 0 aromatic rings. The average molecular weight is 278 g/mol. The van der Waals surface area contributed by atoms with E-state index in [1.165, 1.54) is 77.0 Å². The molecular weight excluding hydrogens is 244 g/mol. The molecule has 1 atom stereocenters. The molecule has 2 rings (SSSR count). The molecule has 0 aliphatic heterocycles. The Morgan fingerprint density at radius 3 is 2.35 bits per heavy atom. The van der Waals surface area contributed by atoms with E-state index >= 15 is 0 Å². The Bertz CT molecular complexity index is 275. The van der Waals surface area contributed by atoms with Crippen molar-refractivity contribution in [2.75, 3.05) is 0 Å². The molecule has 1 heteroatoms. The third-order valence-electron chi connectivity index (χ3n) is 5.78. The van der Waals surface area contributed by atoms with E-state index in [0.717, 1.165) is 24.7 Å². The zero-order valence-corrected chi connectivity index (χ0v) is 13.5. The van der Waals surface area contributed by atoms with E-state index in [9.17, 15) is 4.79 Å². The monoisotopic (exact) mass is 278 g/mol. The van der Waals surface area contributed by atoms with Gasteiger partial charge in [0, 0.05) is 12.3 Å². The van der Waals surface area contributed by atoms with Gasteiger partial charge in [0.15, 0.2) is 0 Å². The summed E-state index contributed by atoms with van der Waals surface area (Å²) in [4.78, 5) is 12.0. The standard InChI is InChI=1S/C19H34O/c1-2-3-4-5-6-9-16-12-14-17(15-13-16)18-10-7-8-11-19(18)20/h16-18H,2-15H2,1H3/t16?,17?,18-/m1/s1. The highest BCUT2D eigenvalue weighted by Crippen LogP contribution is 2.39. The van der Waals surface area contributed by atoms with Crippen molar-refractivity contribution < 1.29 is 4.79 Å². The summed E-state index contributed by atoms with van der Waals surface area (Å²) in [5.74, 6) is 2.78. The summed E-state index contributed by atoms with van der Waals surface area (Å²) in [6, 6.07) is 0. The fourth-order valence-corrected chi connectivity index (χ4v) is 4.42. The molecule has 0 spiro atoms. The lowest BCUT2D eigenvalue weighted by molar-refractivity contribution is -0.127. The lowest BCUT2D eigenvalue weighted by atomic mass is 9.70. The van der Waals surface area contributed by atoms with Crippen molar-refractivity contribution in [1.82, 2.24) is 0 Å². The Morgan fingerprint density at radius 1 is 0.900 bits per heavy atom. The molecule has 2 fully saturated rings. The van der Waals surface area contributed by atoms with Crippen molar-refractivity contribution in [2.24, 2.45) is 17.8 Å². The van der Waals surface area contributed by atoms with Gasteiger partial charge in [0.25, 0.3) is 0 Å². The van der Waals surface area contributed by atoms with Gasteiger partial charge in [-0.1, -0.05) is 64.7 Å². The first-order valence-corrected chi connectivity index (χ1v) is 9.34. The second-order valence-corrected chi connectivity index (χ2v) is 7.30. The van der Waals surface area contributed by atoms with Gasteiger partial charge in [-0.2, -0.15) is 0 Å². The maximum Gasteiger partial charge on any atom is 0.136 e. The first-order valence-electron chi connectivity index (χ1n) is 9.34. The van der Waals surface area contributed by atoms with E-state index in [0.29, 0.717) is 11.7 Å². The third-order valence-corrected chi connectivity index (χ3v) is 5.78. The second-order valence-electron chi connectivity index (χ2n) is 7.30. The predicted molar refractivity (Wildman–Crippen MR) is 85.8 cm³/mol. The van der Waals surface area contributed by atoms with Crippen LogP contribution >= 0.6 is 0 Å². The number of unbranched alkanes of at least 4 members (excludes halogenated alkanes) is 4. The Kier molecular flexibility index (Phi) is 7.10. The van der Waals surface area contributed by atoms with Gasteiger partial charge in [-0.15, -0.1) is 0 Å². The van der Waals surface area contributed by atoms with Gasteiger partial charge in [0.2, 0.25) is 0 Å². The molecule has 116 valence electrons. The molecule has 0 radical (unpaired) electrons. The van der Waals surface area contributed by atoms with Crippen LogP contribution in [0.3, 0.4) is 0 Å². The van der Waals surface area contributed by atoms with Crippen LogP contribution in [0.2, 0.25) is 0 Å². The minimum Gasteiger partial charge on any atom is -0.299 e. The van der Waals surface area contributed by atoms with Crippen LogP contribution in [0.25, 0.3) is 0 Å². The smallest absolute Gasteiger partial charge is 0.136 e. The lowest BCUT2D eigenvalue weighted by Gasteiger charge is -2.35. The summed E-state index contributed by atoms with van der Waals surface area (Å²) < 4.78 is 0. The minimum absolute atomic E-state index is 0.453. The zero-order chi connectivity index (χ0) is 14.2. The van der Waals surface area contributed by atoms with Gasteiger partial charge in [0.05, 0.1) is 0 Å². The van der Waals surface area contributed by atoms with Crippen LogP contribution < -0.4 is 0 Å². The first-order chi connectivity index (χ1) is 9.81. The average Bonchev–Trinajstić information content (AvgIpc) is 2.48. The molecule has 2 aliphatic carbocycles. The maximum atomic E-state index is 12.0. The molecule has 0 heterocycles. The van der Waals surface area contributed by atoms with E-state index in [1.807, 2.05) is 0 Å². The largest absolute Gasteiger partial charge is 0.299 e. The van der Waals surface area contributed by atoms with E-state index < -0.39 is 0 Å². The number of ketones is 1. The molecular formula is C19H34O. The molecule has 0 saturated heterocycles. The van der Waals surface area contributed by atoms with Gasteiger partial charge in [-0.3, -0.25) is 4.79 Å².